The molecular weight excluding hydrogens is 302 g/mol. The molecule has 4 aromatic rings. The van der Waals surface area contributed by atoms with Gasteiger partial charge >= 0.3 is 0 Å². The van der Waals surface area contributed by atoms with Crippen LogP contribution in [-0.4, -0.2) is 5.16 Å². The lowest BCUT2D eigenvalue weighted by atomic mass is 10.0. The average Bonchev–Trinajstić information content (AvgIpc) is 2.98. The normalized spacial score (nSPS) is 11.1. The van der Waals surface area contributed by atoms with Crippen molar-refractivity contribution in [2.75, 3.05) is 0 Å². The highest BCUT2D eigenvalue weighted by atomic mass is 16.5. The number of rotatable bonds is 2. The van der Waals surface area contributed by atoms with Gasteiger partial charge in [0.25, 0.3) is 0 Å². The van der Waals surface area contributed by atoms with Gasteiger partial charge in [-0.15, -0.1) is 0 Å². The van der Waals surface area contributed by atoms with Crippen molar-refractivity contribution < 1.29 is 8.94 Å². The van der Waals surface area contributed by atoms with Crippen LogP contribution in [0.2, 0.25) is 0 Å². The number of para-hydroxylation sites is 1. The first-order valence-corrected chi connectivity index (χ1v) is 7.70. The number of benzene rings is 2. The molecule has 24 heavy (non-hydrogen) atoms. The summed E-state index contributed by atoms with van der Waals surface area (Å²) >= 11 is 0. The smallest absolute Gasteiger partial charge is 0.193 e. The Morgan fingerprint density at radius 2 is 1.75 bits per heavy atom. The molecule has 0 bridgehead atoms. The Bertz CT molecular complexity index is 1090. The molecule has 0 spiro atoms. The number of hydrogen-bond donors (Lipinski definition) is 0. The molecule has 2 aromatic carbocycles. The van der Waals surface area contributed by atoms with Crippen LogP contribution in [0.3, 0.4) is 0 Å². The molecular formula is C20H15NO3. The van der Waals surface area contributed by atoms with Gasteiger partial charge in [-0.2, -0.15) is 0 Å². The third kappa shape index (κ3) is 2.24. The van der Waals surface area contributed by atoms with E-state index in [4.69, 9.17) is 8.94 Å². The maximum atomic E-state index is 12.5. The molecule has 0 amide bonds. The third-order valence-electron chi connectivity index (χ3n) is 4.11. The van der Waals surface area contributed by atoms with E-state index in [1.165, 1.54) is 6.07 Å². The van der Waals surface area contributed by atoms with E-state index in [0.29, 0.717) is 33.7 Å². The second-order valence-electron chi connectivity index (χ2n) is 5.75. The zero-order valence-corrected chi connectivity index (χ0v) is 13.4. The van der Waals surface area contributed by atoms with Crippen molar-refractivity contribution in [2.45, 2.75) is 13.8 Å². The minimum Gasteiger partial charge on any atom is -0.455 e. The zero-order chi connectivity index (χ0) is 16.7. The van der Waals surface area contributed by atoms with Crippen molar-refractivity contribution in [3.63, 3.8) is 0 Å². The van der Waals surface area contributed by atoms with Crippen molar-refractivity contribution in [2.24, 2.45) is 0 Å². The molecule has 4 heteroatoms. The summed E-state index contributed by atoms with van der Waals surface area (Å²) in [5.74, 6) is 1.09. The van der Waals surface area contributed by atoms with Crippen molar-refractivity contribution in [3.05, 3.63) is 76.1 Å². The first-order chi connectivity index (χ1) is 11.6. The fraction of sp³-hybridized carbons (Fsp3) is 0.100. The van der Waals surface area contributed by atoms with Crippen LogP contribution < -0.4 is 5.43 Å². The highest BCUT2D eigenvalue weighted by Gasteiger charge is 2.20. The van der Waals surface area contributed by atoms with Gasteiger partial charge in [-0.1, -0.05) is 47.6 Å². The molecule has 4 rings (SSSR count). The molecule has 0 N–H and O–H groups in total. The van der Waals surface area contributed by atoms with Crippen LogP contribution in [0, 0.1) is 13.8 Å². The quantitative estimate of drug-likeness (QED) is 0.536. The Hall–Kier alpha value is -3.14. The third-order valence-corrected chi connectivity index (χ3v) is 4.11. The first-order valence-electron chi connectivity index (χ1n) is 7.70. The van der Waals surface area contributed by atoms with Crippen molar-refractivity contribution in [1.82, 2.24) is 5.16 Å². The van der Waals surface area contributed by atoms with Crippen LogP contribution in [-0.2, 0) is 0 Å². The lowest BCUT2D eigenvalue weighted by molar-refractivity contribution is 0.400. The second kappa shape index (κ2) is 5.49. The lowest BCUT2D eigenvalue weighted by Crippen LogP contribution is -2.01. The van der Waals surface area contributed by atoms with Crippen LogP contribution in [0.25, 0.3) is 33.6 Å². The van der Waals surface area contributed by atoms with E-state index in [2.05, 4.69) is 5.16 Å². The fourth-order valence-corrected chi connectivity index (χ4v) is 2.90. The maximum absolute atomic E-state index is 12.5. The predicted molar refractivity (Wildman–Crippen MR) is 92.9 cm³/mol. The summed E-state index contributed by atoms with van der Waals surface area (Å²) in [6, 6.07) is 16.8. The number of nitrogens with zero attached hydrogens (tertiary/aromatic N) is 1. The molecule has 0 unspecified atom stereocenters. The minimum absolute atomic E-state index is 0.0745. The molecule has 0 atom stereocenters. The van der Waals surface area contributed by atoms with Crippen LogP contribution in [0.1, 0.15) is 11.3 Å². The second-order valence-corrected chi connectivity index (χ2v) is 5.75. The summed E-state index contributed by atoms with van der Waals surface area (Å²) < 4.78 is 11.4. The Labute approximate surface area is 138 Å². The molecule has 0 aliphatic carbocycles. The summed E-state index contributed by atoms with van der Waals surface area (Å²) in [5, 5.41) is 4.74. The lowest BCUT2D eigenvalue weighted by Gasteiger charge is -2.06. The van der Waals surface area contributed by atoms with Crippen molar-refractivity contribution in [1.29, 1.82) is 0 Å². The Kier molecular flexibility index (Phi) is 3.31. The number of aromatic nitrogens is 1. The average molecular weight is 317 g/mol. The number of aryl methyl sites for hydroxylation is 2. The Morgan fingerprint density at radius 1 is 0.958 bits per heavy atom. The highest BCUT2D eigenvalue weighted by molar-refractivity contribution is 5.84. The summed E-state index contributed by atoms with van der Waals surface area (Å²) in [6.07, 6.45) is 0. The predicted octanol–water partition coefficient (Wildman–Crippen LogP) is 4.73. The molecule has 2 heterocycles. The topological polar surface area (TPSA) is 56.2 Å². The Morgan fingerprint density at radius 3 is 2.54 bits per heavy atom. The van der Waals surface area contributed by atoms with Gasteiger partial charge in [-0.25, -0.2) is 0 Å². The summed E-state index contributed by atoms with van der Waals surface area (Å²) in [6.45, 7) is 3.74. The van der Waals surface area contributed by atoms with E-state index in [0.717, 1.165) is 11.1 Å². The molecule has 0 aliphatic heterocycles. The minimum atomic E-state index is -0.0745. The zero-order valence-electron chi connectivity index (χ0n) is 13.4. The van der Waals surface area contributed by atoms with E-state index in [1.54, 1.807) is 6.07 Å². The van der Waals surface area contributed by atoms with E-state index < -0.39 is 0 Å². The molecule has 4 nitrogen and oxygen atoms in total. The standard InChI is InChI=1S/C20H15NO3/c1-12-7-6-10-15-16(22)11-17(23-20(12)15)18-13(2)24-21-19(18)14-8-4-3-5-9-14/h3-11H,1-2H3. The van der Waals surface area contributed by atoms with E-state index in [-0.39, 0.29) is 5.43 Å². The summed E-state index contributed by atoms with van der Waals surface area (Å²) in [5.41, 5.74) is 3.74. The van der Waals surface area contributed by atoms with Gasteiger partial charge in [0.2, 0.25) is 0 Å². The van der Waals surface area contributed by atoms with E-state index in [1.807, 2.05) is 56.3 Å². The molecule has 0 aliphatic rings. The van der Waals surface area contributed by atoms with Crippen LogP contribution in [0.5, 0.6) is 0 Å². The molecule has 0 saturated carbocycles. The molecule has 0 saturated heterocycles. The van der Waals surface area contributed by atoms with Crippen LogP contribution in [0.15, 0.2) is 68.3 Å². The SMILES string of the molecule is Cc1onc(-c2ccccc2)c1-c1cc(=O)c2cccc(C)c2o1. The monoisotopic (exact) mass is 317 g/mol. The largest absolute Gasteiger partial charge is 0.455 e. The van der Waals surface area contributed by atoms with Gasteiger partial charge in [0, 0.05) is 11.6 Å². The first kappa shape index (κ1) is 14.5. The van der Waals surface area contributed by atoms with Gasteiger partial charge < -0.3 is 8.94 Å². The van der Waals surface area contributed by atoms with Crippen LogP contribution >= 0.6 is 0 Å². The number of hydrogen-bond acceptors (Lipinski definition) is 4. The van der Waals surface area contributed by atoms with Crippen LogP contribution in [0.4, 0.5) is 0 Å². The van der Waals surface area contributed by atoms with Crippen molar-refractivity contribution in [3.8, 4) is 22.6 Å². The van der Waals surface area contributed by atoms with Gasteiger partial charge in [0.05, 0.1) is 10.9 Å². The van der Waals surface area contributed by atoms with Gasteiger partial charge in [0.15, 0.2) is 5.43 Å². The highest BCUT2D eigenvalue weighted by Crippen LogP contribution is 2.35. The number of fused-ring (bicyclic) bond motifs is 1. The van der Waals surface area contributed by atoms with Gasteiger partial charge in [-0.05, 0) is 25.5 Å². The molecule has 2 aromatic heterocycles. The molecule has 0 radical (unpaired) electrons. The molecule has 118 valence electrons. The maximum Gasteiger partial charge on any atom is 0.193 e. The van der Waals surface area contributed by atoms with E-state index >= 15 is 0 Å². The molecule has 0 fully saturated rings. The van der Waals surface area contributed by atoms with Gasteiger partial charge in [-0.3, -0.25) is 4.79 Å². The van der Waals surface area contributed by atoms with E-state index in [9.17, 15) is 4.79 Å². The van der Waals surface area contributed by atoms with Gasteiger partial charge in [0.1, 0.15) is 22.8 Å². The summed E-state index contributed by atoms with van der Waals surface area (Å²) in [7, 11) is 0. The fourth-order valence-electron chi connectivity index (χ4n) is 2.90. The Balaban J connectivity index is 2.01. The summed E-state index contributed by atoms with van der Waals surface area (Å²) in [4.78, 5) is 12.5. The van der Waals surface area contributed by atoms with Crippen molar-refractivity contribution >= 4 is 11.0 Å².